The average molecular weight is 756 g/mol. The van der Waals surface area contributed by atoms with E-state index >= 15 is 0 Å². The lowest BCUT2D eigenvalue weighted by Gasteiger charge is -2.31. The number of benzene rings is 9. The van der Waals surface area contributed by atoms with Crippen LogP contribution in [-0.4, -0.2) is 0 Å². The predicted molar refractivity (Wildman–Crippen MR) is 250 cm³/mol. The Kier molecular flexibility index (Phi) is 7.94. The molecule has 0 atom stereocenters. The van der Waals surface area contributed by atoms with E-state index in [9.17, 15) is 0 Å². The molecule has 2 aliphatic rings. The highest BCUT2D eigenvalue weighted by Crippen LogP contribution is 2.57. The van der Waals surface area contributed by atoms with Crippen molar-refractivity contribution < 1.29 is 0 Å². The fourth-order valence-corrected chi connectivity index (χ4v) is 10.3. The Bertz CT molecular complexity index is 3080. The second kappa shape index (κ2) is 13.3. The van der Waals surface area contributed by atoms with Gasteiger partial charge in [0, 0.05) is 27.8 Å². The maximum absolute atomic E-state index is 2.51. The van der Waals surface area contributed by atoms with Gasteiger partial charge in [0.15, 0.2) is 0 Å². The van der Waals surface area contributed by atoms with Crippen molar-refractivity contribution in [3.8, 4) is 55.6 Å². The van der Waals surface area contributed by atoms with Gasteiger partial charge in [-0.25, -0.2) is 0 Å². The normalized spacial score (nSPS) is 14.0. The van der Waals surface area contributed by atoms with Crippen molar-refractivity contribution in [3.05, 3.63) is 222 Å². The van der Waals surface area contributed by atoms with E-state index in [4.69, 9.17) is 0 Å². The highest BCUT2D eigenvalue weighted by Gasteiger charge is 2.40. The molecule has 0 heterocycles. The molecule has 9 aromatic rings. The summed E-state index contributed by atoms with van der Waals surface area (Å²) >= 11 is 0. The summed E-state index contributed by atoms with van der Waals surface area (Å²) in [6, 6.07) is 74.2. The van der Waals surface area contributed by atoms with Crippen molar-refractivity contribution in [2.45, 2.75) is 38.5 Å². The van der Waals surface area contributed by atoms with Gasteiger partial charge in [0.2, 0.25) is 0 Å². The lowest BCUT2D eigenvalue weighted by molar-refractivity contribution is 0.660. The van der Waals surface area contributed by atoms with E-state index in [2.05, 4.69) is 233 Å². The van der Waals surface area contributed by atoms with E-state index in [0.717, 1.165) is 17.1 Å². The van der Waals surface area contributed by atoms with Crippen molar-refractivity contribution in [2.24, 2.45) is 0 Å². The van der Waals surface area contributed by atoms with Gasteiger partial charge in [0.25, 0.3) is 0 Å². The number of fused-ring (bicyclic) bond motifs is 8. The van der Waals surface area contributed by atoms with Crippen molar-refractivity contribution in [1.82, 2.24) is 0 Å². The van der Waals surface area contributed by atoms with Crippen molar-refractivity contribution in [2.75, 3.05) is 4.90 Å². The highest BCUT2D eigenvalue weighted by molar-refractivity contribution is 6.05. The Balaban J connectivity index is 1.12. The van der Waals surface area contributed by atoms with Crippen LogP contribution in [0, 0.1) is 0 Å². The van der Waals surface area contributed by atoms with Gasteiger partial charge >= 0.3 is 0 Å². The largest absolute Gasteiger partial charge is 0.310 e. The smallest absolute Gasteiger partial charge is 0.0540 e. The van der Waals surface area contributed by atoms with Gasteiger partial charge in [-0.2, -0.15) is 0 Å². The van der Waals surface area contributed by atoms with E-state index in [1.165, 1.54) is 88.7 Å². The van der Waals surface area contributed by atoms with Gasteiger partial charge < -0.3 is 4.90 Å². The summed E-state index contributed by atoms with van der Waals surface area (Å²) in [6.07, 6.45) is 0. The molecule has 59 heavy (non-hydrogen) atoms. The van der Waals surface area contributed by atoms with Crippen LogP contribution in [0.1, 0.15) is 49.9 Å². The molecule has 0 N–H and O–H groups in total. The summed E-state index contributed by atoms with van der Waals surface area (Å²) in [5.74, 6) is 0. The van der Waals surface area contributed by atoms with E-state index in [-0.39, 0.29) is 10.8 Å². The molecule has 1 heteroatoms. The van der Waals surface area contributed by atoms with Crippen LogP contribution in [0.25, 0.3) is 66.4 Å². The summed E-state index contributed by atoms with van der Waals surface area (Å²) in [7, 11) is 0. The molecule has 0 amide bonds. The quantitative estimate of drug-likeness (QED) is 0.163. The Hall–Kier alpha value is -6.96. The molecule has 0 saturated carbocycles. The molecule has 0 fully saturated rings. The molecule has 0 spiro atoms. The standard InChI is InChI=1S/C58H45N/c1-57(2)51-25-15-13-24-47(51)48-33-31-43(36-52(48)57)59(54-26-16-14-22-45(54)41-29-27-39(28-30-41)38-17-7-5-8-18-38)44-32-34-49-53(37-44)58(3,4)56-46-23-12-11-21-42(46)35-50(55(49)56)40-19-9-6-10-20-40/h5-37H,1-4H3. The van der Waals surface area contributed by atoms with Crippen molar-refractivity contribution >= 4 is 27.8 Å². The van der Waals surface area contributed by atoms with Gasteiger partial charge in [-0.3, -0.25) is 0 Å². The van der Waals surface area contributed by atoms with E-state index in [1.807, 2.05) is 0 Å². The summed E-state index contributed by atoms with van der Waals surface area (Å²) in [4.78, 5) is 2.51. The first kappa shape index (κ1) is 35.2. The minimum atomic E-state index is -0.245. The summed E-state index contributed by atoms with van der Waals surface area (Å²) < 4.78 is 0. The third-order valence-electron chi connectivity index (χ3n) is 13.2. The second-order valence-corrected chi connectivity index (χ2v) is 17.3. The van der Waals surface area contributed by atoms with Crippen LogP contribution >= 0.6 is 0 Å². The van der Waals surface area contributed by atoms with Gasteiger partial charge in [0.05, 0.1) is 5.69 Å². The van der Waals surface area contributed by atoms with Crippen LogP contribution < -0.4 is 4.90 Å². The molecule has 1 nitrogen and oxygen atoms in total. The zero-order valence-corrected chi connectivity index (χ0v) is 34.0. The molecule has 0 aromatic heterocycles. The first-order valence-electron chi connectivity index (χ1n) is 20.8. The predicted octanol–water partition coefficient (Wildman–Crippen LogP) is 15.9. The second-order valence-electron chi connectivity index (χ2n) is 17.3. The minimum absolute atomic E-state index is 0.128. The van der Waals surface area contributed by atoms with Crippen LogP contribution in [0.2, 0.25) is 0 Å². The minimum Gasteiger partial charge on any atom is -0.310 e. The Labute approximate surface area is 347 Å². The van der Waals surface area contributed by atoms with Gasteiger partial charge in [-0.1, -0.05) is 191 Å². The molecule has 9 aromatic carbocycles. The average Bonchev–Trinajstić information content (AvgIpc) is 3.66. The van der Waals surface area contributed by atoms with Crippen LogP contribution in [0.15, 0.2) is 200 Å². The Morgan fingerprint density at radius 2 is 0.847 bits per heavy atom. The Morgan fingerprint density at radius 1 is 0.339 bits per heavy atom. The van der Waals surface area contributed by atoms with Gasteiger partial charge in [-0.05, 0) is 119 Å². The molecule has 282 valence electrons. The van der Waals surface area contributed by atoms with Crippen LogP contribution in [0.3, 0.4) is 0 Å². The van der Waals surface area contributed by atoms with Gasteiger partial charge in [-0.15, -0.1) is 0 Å². The number of hydrogen-bond acceptors (Lipinski definition) is 1. The molecule has 0 radical (unpaired) electrons. The number of nitrogens with zero attached hydrogens (tertiary/aromatic N) is 1. The lowest BCUT2D eigenvalue weighted by Crippen LogP contribution is -2.18. The summed E-state index contributed by atoms with van der Waals surface area (Å²) in [5, 5.41) is 2.60. The third kappa shape index (κ3) is 5.45. The lowest BCUT2D eigenvalue weighted by atomic mass is 9.79. The fraction of sp³-hybridized carbons (Fsp3) is 0.103. The number of anilines is 3. The van der Waals surface area contributed by atoms with E-state index in [1.54, 1.807) is 0 Å². The Morgan fingerprint density at radius 3 is 1.58 bits per heavy atom. The van der Waals surface area contributed by atoms with E-state index < -0.39 is 0 Å². The molecular weight excluding hydrogens is 711 g/mol. The SMILES string of the molecule is CC1(C)c2ccccc2-c2ccc(N(c3ccc4c(c3)C(C)(C)c3c-4c(-c4ccccc4)cc4ccccc34)c3ccccc3-c3ccc(-c4ccccc4)cc3)cc21. The highest BCUT2D eigenvalue weighted by atomic mass is 15.1. The van der Waals surface area contributed by atoms with Crippen molar-refractivity contribution in [3.63, 3.8) is 0 Å². The van der Waals surface area contributed by atoms with E-state index in [0.29, 0.717) is 0 Å². The molecule has 11 rings (SSSR count). The number of rotatable bonds is 6. The fourth-order valence-electron chi connectivity index (χ4n) is 10.3. The maximum atomic E-state index is 2.51. The third-order valence-corrected chi connectivity index (χ3v) is 13.2. The molecule has 0 aliphatic heterocycles. The van der Waals surface area contributed by atoms with Crippen LogP contribution in [0.5, 0.6) is 0 Å². The first-order chi connectivity index (χ1) is 28.8. The maximum Gasteiger partial charge on any atom is 0.0540 e. The summed E-state index contributed by atoms with van der Waals surface area (Å²) in [6.45, 7) is 9.59. The zero-order valence-electron chi connectivity index (χ0n) is 34.0. The van der Waals surface area contributed by atoms with Crippen LogP contribution in [0.4, 0.5) is 17.1 Å². The van der Waals surface area contributed by atoms with Gasteiger partial charge in [0.1, 0.15) is 0 Å². The molecule has 0 saturated heterocycles. The number of para-hydroxylation sites is 1. The monoisotopic (exact) mass is 755 g/mol. The van der Waals surface area contributed by atoms with Crippen molar-refractivity contribution in [1.29, 1.82) is 0 Å². The molecular formula is C58H45N. The molecule has 0 bridgehead atoms. The number of hydrogen-bond donors (Lipinski definition) is 0. The first-order valence-corrected chi connectivity index (χ1v) is 20.8. The topological polar surface area (TPSA) is 3.24 Å². The zero-order chi connectivity index (χ0) is 39.9. The van der Waals surface area contributed by atoms with Crippen LogP contribution in [-0.2, 0) is 10.8 Å². The summed E-state index contributed by atoms with van der Waals surface area (Å²) in [5.41, 5.74) is 21.3. The molecule has 0 unspecified atom stereocenters. The molecule has 2 aliphatic carbocycles.